The topological polar surface area (TPSA) is 55.2 Å². The van der Waals surface area contributed by atoms with E-state index in [1.807, 2.05) is 24.8 Å². The molecule has 0 aliphatic carbocycles. The number of aromatic nitrogens is 2. The van der Waals surface area contributed by atoms with Crippen LogP contribution in [0.15, 0.2) is 40.1 Å². The highest BCUT2D eigenvalue weighted by Gasteiger charge is 2.33. The van der Waals surface area contributed by atoms with Crippen LogP contribution in [0.4, 0.5) is 0 Å². The molecule has 5 rings (SSSR count). The zero-order valence-electron chi connectivity index (χ0n) is 16.8. The molecule has 1 aliphatic heterocycles. The fraction of sp³-hybridized carbons (Fsp3) is 0.318. The van der Waals surface area contributed by atoms with Gasteiger partial charge in [-0.1, -0.05) is 6.07 Å². The van der Waals surface area contributed by atoms with Crippen molar-refractivity contribution in [3.05, 3.63) is 71.4 Å². The summed E-state index contributed by atoms with van der Waals surface area (Å²) in [6.45, 7) is 5.03. The Morgan fingerprint density at radius 2 is 2.10 bits per heavy atom. The van der Waals surface area contributed by atoms with Gasteiger partial charge in [0.1, 0.15) is 4.83 Å². The maximum atomic E-state index is 13.3. The molecule has 0 aromatic carbocycles. The van der Waals surface area contributed by atoms with Gasteiger partial charge in [0.15, 0.2) is 0 Å². The largest absolute Gasteiger partial charge is 0.330 e. The molecule has 4 aromatic heterocycles. The van der Waals surface area contributed by atoms with E-state index in [2.05, 4.69) is 27.9 Å². The lowest BCUT2D eigenvalue weighted by Crippen LogP contribution is -2.40. The molecular weight excluding hydrogens is 434 g/mol. The first-order valence-corrected chi connectivity index (χ1v) is 12.5. The smallest absolute Gasteiger partial charge is 0.262 e. The number of nitrogens with zero attached hydrogens (tertiary/aromatic N) is 3. The number of carbonyl (C=O) groups is 1. The summed E-state index contributed by atoms with van der Waals surface area (Å²) in [5, 5.41) is 4.86. The van der Waals surface area contributed by atoms with E-state index in [1.54, 1.807) is 44.9 Å². The lowest BCUT2D eigenvalue weighted by atomic mass is 9.98. The molecule has 1 amide bonds. The third-order valence-electron chi connectivity index (χ3n) is 5.82. The number of hydrogen-bond acceptors (Lipinski definition) is 6. The number of carbonyl (C=O) groups excluding carboxylic acids is 1. The number of aryl methyl sites for hydroxylation is 3. The number of hydrogen-bond donors (Lipinski definition) is 0. The van der Waals surface area contributed by atoms with Crippen molar-refractivity contribution in [3.63, 3.8) is 0 Å². The average Bonchev–Trinajstić information content (AvgIpc) is 3.48. The fourth-order valence-electron chi connectivity index (χ4n) is 4.13. The molecule has 0 fully saturated rings. The van der Waals surface area contributed by atoms with Crippen LogP contribution in [0.25, 0.3) is 10.2 Å². The van der Waals surface area contributed by atoms with Crippen LogP contribution in [-0.4, -0.2) is 26.9 Å². The maximum Gasteiger partial charge on any atom is 0.262 e. The van der Waals surface area contributed by atoms with Gasteiger partial charge in [-0.05, 0) is 54.3 Å². The lowest BCUT2D eigenvalue weighted by molar-refractivity contribution is -0.133. The van der Waals surface area contributed by atoms with Gasteiger partial charge < -0.3 is 4.90 Å². The van der Waals surface area contributed by atoms with Gasteiger partial charge in [-0.2, -0.15) is 0 Å². The Bertz CT molecular complexity index is 1280. The van der Waals surface area contributed by atoms with Crippen molar-refractivity contribution in [3.8, 4) is 0 Å². The first-order valence-electron chi connectivity index (χ1n) is 9.89. The summed E-state index contributed by atoms with van der Waals surface area (Å²) in [6.07, 6.45) is 2.76. The van der Waals surface area contributed by atoms with Crippen LogP contribution in [0.5, 0.6) is 0 Å². The molecule has 0 N–H and O–H groups in total. The Morgan fingerprint density at radius 1 is 1.23 bits per heavy atom. The molecule has 1 atom stereocenters. The van der Waals surface area contributed by atoms with Gasteiger partial charge in [-0.15, -0.1) is 34.0 Å². The molecule has 0 bridgehead atoms. The summed E-state index contributed by atoms with van der Waals surface area (Å²) >= 11 is 5.00. The predicted molar refractivity (Wildman–Crippen MR) is 124 cm³/mol. The lowest BCUT2D eigenvalue weighted by Gasteiger charge is -2.35. The maximum absolute atomic E-state index is 13.3. The molecular formula is C22H21N3O2S3. The number of fused-ring (bicyclic) bond motifs is 2. The minimum absolute atomic E-state index is 0.0217. The Kier molecular flexibility index (Phi) is 5.08. The summed E-state index contributed by atoms with van der Waals surface area (Å²) in [7, 11) is 0. The van der Waals surface area contributed by atoms with Crippen LogP contribution in [0.1, 0.15) is 38.2 Å². The zero-order chi connectivity index (χ0) is 20.8. The molecule has 0 saturated heterocycles. The van der Waals surface area contributed by atoms with Crippen molar-refractivity contribution in [1.29, 1.82) is 0 Å². The average molecular weight is 456 g/mol. The van der Waals surface area contributed by atoms with Crippen LogP contribution in [0.2, 0.25) is 0 Å². The van der Waals surface area contributed by atoms with E-state index in [1.165, 1.54) is 15.3 Å². The Labute approximate surface area is 186 Å². The predicted octanol–water partition coefficient (Wildman–Crippen LogP) is 4.76. The van der Waals surface area contributed by atoms with Gasteiger partial charge in [-0.25, -0.2) is 4.98 Å². The van der Waals surface area contributed by atoms with Crippen molar-refractivity contribution < 1.29 is 4.79 Å². The van der Waals surface area contributed by atoms with E-state index < -0.39 is 0 Å². The third-order valence-corrected chi connectivity index (χ3v) is 8.86. The van der Waals surface area contributed by atoms with E-state index in [4.69, 9.17) is 0 Å². The molecule has 1 aliphatic rings. The molecule has 5 nitrogen and oxygen atoms in total. The molecule has 0 unspecified atom stereocenters. The van der Waals surface area contributed by atoms with E-state index in [-0.39, 0.29) is 23.9 Å². The SMILES string of the molecule is Cc1sc2ncn(CCC(=O)N3CCc4sccc4[C@H]3c3cccs3)c(=O)c2c1C. The first kappa shape index (κ1) is 19.7. The second-order valence-corrected chi connectivity index (χ2v) is 10.7. The molecule has 5 heterocycles. The standard InChI is InChI=1S/C22H21N3O2S3/c1-13-14(2)30-21-19(13)22(27)24(12-23-21)8-6-18(26)25-9-5-16-15(7-11-29-16)20(25)17-4-3-10-28-17/h3-4,7,10-12,20H,5-6,8-9H2,1-2H3/t20-/m0/s1. The van der Waals surface area contributed by atoms with Crippen molar-refractivity contribution in [2.45, 2.75) is 39.3 Å². The van der Waals surface area contributed by atoms with Crippen LogP contribution in [0, 0.1) is 13.8 Å². The highest BCUT2D eigenvalue weighted by Crippen LogP contribution is 2.39. The summed E-state index contributed by atoms with van der Waals surface area (Å²) in [5.74, 6) is 0.0791. The van der Waals surface area contributed by atoms with Crippen molar-refractivity contribution in [2.75, 3.05) is 6.54 Å². The van der Waals surface area contributed by atoms with E-state index in [9.17, 15) is 9.59 Å². The van der Waals surface area contributed by atoms with Crippen LogP contribution in [0.3, 0.4) is 0 Å². The summed E-state index contributed by atoms with van der Waals surface area (Å²) in [4.78, 5) is 37.1. The monoisotopic (exact) mass is 455 g/mol. The quantitative estimate of drug-likeness (QED) is 0.446. The highest BCUT2D eigenvalue weighted by atomic mass is 32.1. The summed E-state index contributed by atoms with van der Waals surface area (Å²) in [5.41, 5.74) is 2.18. The molecule has 0 saturated carbocycles. The molecule has 30 heavy (non-hydrogen) atoms. The second-order valence-electron chi connectivity index (χ2n) is 7.51. The fourth-order valence-corrected chi connectivity index (χ4v) is 6.87. The zero-order valence-corrected chi connectivity index (χ0v) is 19.2. The second kappa shape index (κ2) is 7.76. The van der Waals surface area contributed by atoms with Gasteiger partial charge in [0.25, 0.3) is 5.56 Å². The minimum Gasteiger partial charge on any atom is -0.330 e. The number of amides is 1. The normalized spacial score (nSPS) is 16.2. The molecule has 0 radical (unpaired) electrons. The minimum atomic E-state index is -0.0526. The van der Waals surface area contributed by atoms with Crippen molar-refractivity contribution in [1.82, 2.24) is 14.5 Å². The molecule has 4 aromatic rings. The van der Waals surface area contributed by atoms with E-state index in [0.717, 1.165) is 21.7 Å². The summed E-state index contributed by atoms with van der Waals surface area (Å²) < 4.78 is 1.58. The molecule has 0 spiro atoms. The van der Waals surface area contributed by atoms with Crippen LogP contribution >= 0.6 is 34.0 Å². The van der Waals surface area contributed by atoms with Crippen LogP contribution < -0.4 is 5.56 Å². The third kappa shape index (κ3) is 3.23. The summed E-state index contributed by atoms with van der Waals surface area (Å²) in [6, 6.07) is 6.27. The van der Waals surface area contributed by atoms with Gasteiger partial charge in [-0.3, -0.25) is 14.2 Å². The van der Waals surface area contributed by atoms with E-state index in [0.29, 0.717) is 18.5 Å². The first-order chi connectivity index (χ1) is 14.5. The van der Waals surface area contributed by atoms with Crippen molar-refractivity contribution in [2.24, 2.45) is 0 Å². The Balaban J connectivity index is 1.40. The van der Waals surface area contributed by atoms with Gasteiger partial charge in [0, 0.05) is 34.1 Å². The molecule has 8 heteroatoms. The van der Waals surface area contributed by atoms with Gasteiger partial charge in [0.05, 0.1) is 17.8 Å². The van der Waals surface area contributed by atoms with Gasteiger partial charge >= 0.3 is 0 Å². The van der Waals surface area contributed by atoms with E-state index >= 15 is 0 Å². The molecule has 154 valence electrons. The van der Waals surface area contributed by atoms with Crippen molar-refractivity contribution >= 4 is 50.1 Å². The number of thiophene rings is 3. The number of rotatable bonds is 4. The Morgan fingerprint density at radius 3 is 2.90 bits per heavy atom. The van der Waals surface area contributed by atoms with Crippen LogP contribution in [-0.2, 0) is 17.8 Å². The highest BCUT2D eigenvalue weighted by molar-refractivity contribution is 7.18. The van der Waals surface area contributed by atoms with Gasteiger partial charge in [0.2, 0.25) is 5.91 Å². The Hall–Kier alpha value is -2.29.